The van der Waals surface area contributed by atoms with Crippen molar-refractivity contribution in [2.45, 2.75) is 52.0 Å². The maximum Gasteiger partial charge on any atom is 0.249 e. The molecule has 0 bridgehead atoms. The van der Waals surface area contributed by atoms with Gasteiger partial charge >= 0.3 is 0 Å². The molecule has 2 aromatic carbocycles. The molecule has 4 rings (SSSR count). The number of unbranched alkanes of at least 4 members (excludes halogenated alkanes) is 1. The van der Waals surface area contributed by atoms with E-state index in [1.807, 2.05) is 25.1 Å². The van der Waals surface area contributed by atoms with Gasteiger partial charge in [-0.05, 0) is 75.3 Å². The normalized spacial score (nSPS) is 15.8. The highest BCUT2D eigenvalue weighted by Gasteiger charge is 2.31. The molecule has 168 valence electrons. The molecule has 1 atom stereocenters. The van der Waals surface area contributed by atoms with Gasteiger partial charge in [-0.1, -0.05) is 35.0 Å². The van der Waals surface area contributed by atoms with Gasteiger partial charge in [0.05, 0.1) is 6.61 Å². The molecule has 0 radical (unpaired) electrons. The van der Waals surface area contributed by atoms with Gasteiger partial charge in [0, 0.05) is 12.1 Å². The first-order valence-corrected chi connectivity index (χ1v) is 11.2. The molecule has 1 saturated heterocycles. The lowest BCUT2D eigenvalue weighted by molar-refractivity contribution is 0.283. The van der Waals surface area contributed by atoms with Gasteiger partial charge in [0.15, 0.2) is 5.96 Å². The Morgan fingerprint density at radius 3 is 2.75 bits per heavy atom. The van der Waals surface area contributed by atoms with Crippen LogP contribution >= 0.6 is 0 Å². The molecular formula is C25H31N5O2. The summed E-state index contributed by atoms with van der Waals surface area (Å²) in [5.74, 6) is 1.98. The van der Waals surface area contributed by atoms with Crippen molar-refractivity contribution in [3.63, 3.8) is 0 Å². The van der Waals surface area contributed by atoms with Crippen LogP contribution in [0.2, 0.25) is 0 Å². The van der Waals surface area contributed by atoms with Crippen molar-refractivity contribution in [3.8, 4) is 17.1 Å². The number of nitrogens with zero attached hydrogens (tertiary/aromatic N) is 3. The van der Waals surface area contributed by atoms with E-state index in [0.717, 1.165) is 55.5 Å². The van der Waals surface area contributed by atoms with Crippen LogP contribution in [-0.2, 0) is 6.42 Å². The van der Waals surface area contributed by atoms with Gasteiger partial charge < -0.3 is 19.9 Å². The van der Waals surface area contributed by atoms with Crippen LogP contribution in [0, 0.1) is 19.3 Å². The smallest absolute Gasteiger partial charge is 0.249 e. The minimum atomic E-state index is -0.114. The maximum atomic E-state index is 7.73. The third kappa shape index (κ3) is 5.10. The van der Waals surface area contributed by atoms with Crippen LogP contribution in [0.25, 0.3) is 11.4 Å². The molecule has 1 fully saturated rings. The zero-order valence-electron chi connectivity index (χ0n) is 18.8. The highest BCUT2D eigenvalue weighted by atomic mass is 16.5. The van der Waals surface area contributed by atoms with E-state index in [9.17, 15) is 0 Å². The van der Waals surface area contributed by atoms with E-state index in [2.05, 4.69) is 41.3 Å². The number of ether oxygens (including phenoxy) is 1. The van der Waals surface area contributed by atoms with E-state index in [-0.39, 0.29) is 12.0 Å². The molecule has 7 nitrogen and oxygen atoms in total. The van der Waals surface area contributed by atoms with Crippen molar-refractivity contribution >= 4 is 5.96 Å². The summed E-state index contributed by atoms with van der Waals surface area (Å²) >= 11 is 0. The zero-order chi connectivity index (χ0) is 22.5. The molecule has 1 aliphatic heterocycles. The van der Waals surface area contributed by atoms with Crippen LogP contribution < -0.4 is 10.5 Å². The van der Waals surface area contributed by atoms with Gasteiger partial charge in [-0.15, -0.1) is 0 Å². The van der Waals surface area contributed by atoms with E-state index in [0.29, 0.717) is 18.3 Å². The van der Waals surface area contributed by atoms with Crippen molar-refractivity contribution in [2.75, 3.05) is 13.2 Å². The van der Waals surface area contributed by atoms with Gasteiger partial charge in [0.25, 0.3) is 0 Å². The number of rotatable bonds is 8. The van der Waals surface area contributed by atoms with Crippen molar-refractivity contribution in [3.05, 3.63) is 65.0 Å². The minimum Gasteiger partial charge on any atom is -0.493 e. The first-order valence-electron chi connectivity index (χ1n) is 11.2. The molecule has 3 aromatic rings. The number of hydrogen-bond donors (Lipinski definition) is 2. The summed E-state index contributed by atoms with van der Waals surface area (Å²) < 4.78 is 11.5. The Morgan fingerprint density at radius 2 is 2.00 bits per heavy atom. The molecule has 0 unspecified atom stereocenters. The summed E-state index contributed by atoms with van der Waals surface area (Å²) in [6.45, 7) is 5.58. The average molecular weight is 434 g/mol. The number of nitrogens with two attached hydrogens (primary N) is 1. The maximum absolute atomic E-state index is 7.73. The van der Waals surface area contributed by atoms with E-state index >= 15 is 0 Å². The Bertz CT molecular complexity index is 1060. The molecule has 7 heteroatoms. The SMILES string of the molecule is Cc1ccc(CCCCOc2ccc(-c3noc([C@@H]4CCCN4C(=N)N)n3)cc2C)cc1. The first-order chi connectivity index (χ1) is 15.5. The number of guanidine groups is 1. The van der Waals surface area contributed by atoms with Gasteiger partial charge in [-0.2, -0.15) is 4.98 Å². The Labute approximate surface area is 189 Å². The van der Waals surface area contributed by atoms with E-state index in [1.54, 1.807) is 4.90 Å². The van der Waals surface area contributed by atoms with Gasteiger partial charge in [0.2, 0.25) is 11.7 Å². The van der Waals surface area contributed by atoms with Crippen LogP contribution in [0.5, 0.6) is 5.75 Å². The predicted octanol–water partition coefficient (Wildman–Crippen LogP) is 4.79. The van der Waals surface area contributed by atoms with Crippen LogP contribution in [0.15, 0.2) is 47.0 Å². The molecule has 0 aliphatic carbocycles. The summed E-state index contributed by atoms with van der Waals surface area (Å²) in [5.41, 5.74) is 10.3. The van der Waals surface area contributed by atoms with Gasteiger partial charge in [-0.25, -0.2) is 0 Å². The van der Waals surface area contributed by atoms with E-state index < -0.39 is 0 Å². The number of benzene rings is 2. The fourth-order valence-electron chi connectivity index (χ4n) is 4.12. The van der Waals surface area contributed by atoms with Crippen molar-refractivity contribution in [2.24, 2.45) is 5.73 Å². The van der Waals surface area contributed by atoms with Crippen LogP contribution in [0.1, 0.15) is 54.3 Å². The molecule has 32 heavy (non-hydrogen) atoms. The highest BCUT2D eigenvalue weighted by molar-refractivity contribution is 5.75. The quantitative estimate of drug-likeness (QED) is 0.301. The fourth-order valence-corrected chi connectivity index (χ4v) is 4.12. The zero-order valence-corrected chi connectivity index (χ0v) is 18.8. The largest absolute Gasteiger partial charge is 0.493 e. The standard InChI is InChI=1S/C25H31N5O2/c1-17-8-10-19(11-9-17)6-3-4-15-31-22-13-12-20(16-18(22)2)23-28-24(32-29-23)21-7-5-14-30(21)25(26)27/h8-13,16,21H,3-7,14-15H2,1-2H3,(H3,26,27)/t21-/m0/s1. The molecular weight excluding hydrogens is 402 g/mol. The Balaban J connectivity index is 1.31. The molecule has 1 aliphatic rings. The second-order valence-corrected chi connectivity index (χ2v) is 8.46. The topological polar surface area (TPSA) is 101 Å². The summed E-state index contributed by atoms with van der Waals surface area (Å²) in [7, 11) is 0. The third-order valence-electron chi connectivity index (χ3n) is 5.96. The Kier molecular flexibility index (Phi) is 6.73. The lowest BCUT2D eigenvalue weighted by atomic mass is 10.1. The van der Waals surface area contributed by atoms with E-state index in [1.165, 1.54) is 11.1 Å². The molecule has 0 saturated carbocycles. The Hall–Kier alpha value is -3.35. The number of aryl methyl sites for hydroxylation is 3. The van der Waals surface area contributed by atoms with Crippen LogP contribution in [0.4, 0.5) is 0 Å². The average Bonchev–Trinajstić information content (AvgIpc) is 3.45. The second kappa shape index (κ2) is 9.85. The third-order valence-corrected chi connectivity index (χ3v) is 5.96. The number of likely N-dealkylation sites (tertiary alicyclic amines) is 1. The molecule has 0 spiro atoms. The predicted molar refractivity (Wildman–Crippen MR) is 125 cm³/mol. The summed E-state index contributed by atoms with van der Waals surface area (Å²) in [5, 5.41) is 11.9. The number of aromatic nitrogens is 2. The molecule has 0 amide bonds. The molecule has 3 N–H and O–H groups in total. The lowest BCUT2D eigenvalue weighted by Gasteiger charge is -2.21. The number of nitrogens with one attached hydrogen (secondary N) is 1. The van der Waals surface area contributed by atoms with Crippen molar-refractivity contribution in [1.82, 2.24) is 15.0 Å². The molecule has 1 aromatic heterocycles. The highest BCUT2D eigenvalue weighted by Crippen LogP contribution is 2.32. The fraction of sp³-hybridized carbons (Fsp3) is 0.400. The van der Waals surface area contributed by atoms with Gasteiger partial charge in [-0.3, -0.25) is 5.41 Å². The van der Waals surface area contributed by atoms with E-state index in [4.69, 9.17) is 20.4 Å². The first kappa shape index (κ1) is 21.9. The van der Waals surface area contributed by atoms with Crippen molar-refractivity contribution < 1.29 is 9.26 Å². The minimum absolute atomic E-state index is 0.0449. The van der Waals surface area contributed by atoms with Gasteiger partial charge in [0.1, 0.15) is 11.8 Å². The summed E-state index contributed by atoms with van der Waals surface area (Å²) in [6.07, 6.45) is 5.00. The lowest BCUT2D eigenvalue weighted by Crippen LogP contribution is -2.35. The second-order valence-electron chi connectivity index (χ2n) is 8.46. The van der Waals surface area contributed by atoms with Crippen molar-refractivity contribution in [1.29, 1.82) is 5.41 Å². The summed E-state index contributed by atoms with van der Waals surface area (Å²) in [6, 6.07) is 14.6. The number of hydrogen-bond acceptors (Lipinski definition) is 5. The van der Waals surface area contributed by atoms with Crippen LogP contribution in [0.3, 0.4) is 0 Å². The molecule has 2 heterocycles. The monoisotopic (exact) mass is 433 g/mol. The Morgan fingerprint density at radius 1 is 1.19 bits per heavy atom. The van der Waals surface area contributed by atoms with Crippen LogP contribution in [-0.4, -0.2) is 34.2 Å². The summed E-state index contributed by atoms with van der Waals surface area (Å²) in [4.78, 5) is 6.38.